The van der Waals surface area contributed by atoms with Gasteiger partial charge in [0.1, 0.15) is 11.8 Å². The number of pyridine rings is 1. The molecule has 0 spiro atoms. The molecule has 4 aromatic rings. The molecule has 3 heterocycles. The predicted molar refractivity (Wildman–Crippen MR) is 148 cm³/mol. The molecule has 2 unspecified atom stereocenters. The van der Waals surface area contributed by atoms with Crippen LogP contribution in [-0.2, 0) is 0 Å². The van der Waals surface area contributed by atoms with E-state index < -0.39 is 0 Å². The van der Waals surface area contributed by atoms with E-state index in [1.165, 1.54) is 12.8 Å². The zero-order valence-electron chi connectivity index (χ0n) is 19.8. The van der Waals surface area contributed by atoms with Crippen LogP contribution in [-0.4, -0.2) is 20.8 Å². The van der Waals surface area contributed by atoms with E-state index in [1.807, 2.05) is 42.6 Å². The van der Waals surface area contributed by atoms with Crippen molar-refractivity contribution in [2.45, 2.75) is 43.9 Å². The molecule has 2 aromatic carbocycles. The molecule has 36 heavy (non-hydrogen) atoms. The molecule has 0 amide bonds. The summed E-state index contributed by atoms with van der Waals surface area (Å²) in [7, 11) is 0. The highest BCUT2D eigenvalue weighted by molar-refractivity contribution is 7.80. The lowest BCUT2D eigenvalue weighted by molar-refractivity contribution is 0.210. The number of rotatable bonds is 6. The molecule has 5 nitrogen and oxygen atoms in total. The summed E-state index contributed by atoms with van der Waals surface area (Å²) in [5, 5.41) is 4.91. The molecule has 182 valence electrons. The SMILES string of the molecule is S=C1NC(c2ccccn2)C(c2cccn2-c2cccc(Cl)c2)N1c1ccc(OC2CCCC2)cc1. The molecule has 1 N–H and O–H groups in total. The lowest BCUT2D eigenvalue weighted by Crippen LogP contribution is -2.30. The van der Waals surface area contributed by atoms with Crippen LogP contribution in [0.4, 0.5) is 5.69 Å². The molecule has 1 aliphatic carbocycles. The molecule has 1 saturated heterocycles. The van der Waals surface area contributed by atoms with Crippen molar-refractivity contribution in [2.75, 3.05) is 4.90 Å². The number of hydrogen-bond donors (Lipinski definition) is 1. The minimum Gasteiger partial charge on any atom is -0.490 e. The van der Waals surface area contributed by atoms with Crippen LogP contribution < -0.4 is 15.0 Å². The van der Waals surface area contributed by atoms with Crippen molar-refractivity contribution in [1.82, 2.24) is 14.9 Å². The molecule has 6 rings (SSSR count). The lowest BCUT2D eigenvalue weighted by atomic mass is 10.0. The van der Waals surface area contributed by atoms with Crippen LogP contribution in [0.3, 0.4) is 0 Å². The summed E-state index contributed by atoms with van der Waals surface area (Å²) in [6, 6.07) is 26.1. The van der Waals surface area contributed by atoms with Gasteiger partial charge in [0.15, 0.2) is 5.11 Å². The average Bonchev–Trinajstić information content (AvgIpc) is 3.65. The highest BCUT2D eigenvalue weighted by Gasteiger charge is 2.42. The summed E-state index contributed by atoms with van der Waals surface area (Å²) < 4.78 is 8.38. The van der Waals surface area contributed by atoms with E-state index in [2.05, 4.69) is 68.4 Å². The Bertz CT molecular complexity index is 1350. The van der Waals surface area contributed by atoms with Gasteiger partial charge >= 0.3 is 0 Å². The first-order chi connectivity index (χ1) is 17.7. The fourth-order valence-electron chi connectivity index (χ4n) is 5.31. The van der Waals surface area contributed by atoms with Gasteiger partial charge in [-0.25, -0.2) is 0 Å². The van der Waals surface area contributed by atoms with Crippen LogP contribution >= 0.6 is 23.8 Å². The Labute approximate surface area is 221 Å². The summed E-state index contributed by atoms with van der Waals surface area (Å²) in [6.07, 6.45) is 8.98. The molecule has 2 aromatic heterocycles. The highest BCUT2D eigenvalue weighted by Crippen LogP contribution is 2.42. The van der Waals surface area contributed by atoms with E-state index in [4.69, 9.17) is 28.6 Å². The van der Waals surface area contributed by atoms with Crippen molar-refractivity contribution >= 4 is 34.6 Å². The van der Waals surface area contributed by atoms with Crippen molar-refractivity contribution in [2.24, 2.45) is 0 Å². The fraction of sp³-hybridized carbons (Fsp3) is 0.241. The second-order valence-corrected chi connectivity index (χ2v) is 10.1. The summed E-state index contributed by atoms with van der Waals surface area (Å²) in [5.74, 6) is 0.906. The third-order valence-electron chi connectivity index (χ3n) is 6.99. The number of thiocarbonyl (C=S) groups is 1. The molecule has 1 aliphatic heterocycles. The van der Waals surface area contributed by atoms with E-state index in [0.717, 1.165) is 41.4 Å². The number of nitrogens with zero attached hydrogens (tertiary/aromatic N) is 3. The van der Waals surface area contributed by atoms with Crippen LogP contribution in [0.1, 0.15) is 49.2 Å². The molecule has 2 atom stereocenters. The zero-order chi connectivity index (χ0) is 24.5. The Hall–Kier alpha value is -3.35. The quantitative estimate of drug-likeness (QED) is 0.280. The molecule has 0 radical (unpaired) electrons. The Morgan fingerprint density at radius 3 is 2.50 bits per heavy atom. The summed E-state index contributed by atoms with van der Waals surface area (Å²) in [5.41, 5.74) is 4.04. The summed E-state index contributed by atoms with van der Waals surface area (Å²) in [6.45, 7) is 0. The molecule has 0 bridgehead atoms. The van der Waals surface area contributed by atoms with E-state index >= 15 is 0 Å². The first kappa shape index (κ1) is 23.1. The standard InChI is InChI=1S/C29H27ClN4OS/c30-20-7-5-8-22(19-20)33-18-6-12-26(33)28-27(25-11-3-4-17-31-25)32-29(36)34(28)21-13-15-24(16-14-21)35-23-9-1-2-10-23/h3-8,11-19,23,27-28H,1-2,9-10H2,(H,32,36). The second-order valence-electron chi connectivity index (χ2n) is 9.30. The minimum absolute atomic E-state index is 0.122. The van der Waals surface area contributed by atoms with Crippen LogP contribution in [0.25, 0.3) is 5.69 Å². The maximum atomic E-state index is 6.34. The number of anilines is 1. The van der Waals surface area contributed by atoms with Crippen molar-refractivity contribution in [3.63, 3.8) is 0 Å². The molecule has 2 aliphatic rings. The Morgan fingerprint density at radius 1 is 0.917 bits per heavy atom. The Balaban J connectivity index is 1.40. The summed E-state index contributed by atoms with van der Waals surface area (Å²) >= 11 is 12.2. The van der Waals surface area contributed by atoms with Gasteiger partial charge in [0.25, 0.3) is 0 Å². The van der Waals surface area contributed by atoms with Gasteiger partial charge in [-0.05, 0) is 105 Å². The minimum atomic E-state index is -0.124. The van der Waals surface area contributed by atoms with E-state index in [9.17, 15) is 0 Å². The normalized spacial score (nSPS) is 20.0. The maximum Gasteiger partial charge on any atom is 0.174 e. The van der Waals surface area contributed by atoms with E-state index in [1.54, 1.807) is 0 Å². The Morgan fingerprint density at radius 2 is 1.75 bits per heavy atom. The van der Waals surface area contributed by atoms with Gasteiger partial charge in [-0.3, -0.25) is 4.98 Å². The Kier molecular flexibility index (Phi) is 6.38. The average molecular weight is 515 g/mol. The van der Waals surface area contributed by atoms with Gasteiger partial charge in [0.2, 0.25) is 0 Å². The third-order valence-corrected chi connectivity index (χ3v) is 7.54. The number of benzene rings is 2. The monoisotopic (exact) mass is 514 g/mol. The summed E-state index contributed by atoms with van der Waals surface area (Å²) in [4.78, 5) is 6.86. The number of halogens is 1. The first-order valence-electron chi connectivity index (χ1n) is 12.4. The predicted octanol–water partition coefficient (Wildman–Crippen LogP) is 7.02. The first-order valence-corrected chi connectivity index (χ1v) is 13.2. The van der Waals surface area contributed by atoms with Crippen LogP contribution in [0.15, 0.2) is 91.3 Å². The molecule has 1 saturated carbocycles. The maximum absolute atomic E-state index is 6.34. The van der Waals surface area contributed by atoms with Crippen molar-refractivity contribution in [3.8, 4) is 11.4 Å². The van der Waals surface area contributed by atoms with Gasteiger partial charge in [0.05, 0.1) is 17.8 Å². The molecular formula is C29H27ClN4OS. The van der Waals surface area contributed by atoms with Crippen LogP contribution in [0.5, 0.6) is 5.75 Å². The van der Waals surface area contributed by atoms with Gasteiger partial charge in [-0.2, -0.15) is 0 Å². The van der Waals surface area contributed by atoms with Crippen LogP contribution in [0, 0.1) is 0 Å². The molecule has 2 fully saturated rings. The topological polar surface area (TPSA) is 42.3 Å². The van der Waals surface area contributed by atoms with Gasteiger partial charge in [0, 0.05) is 34.5 Å². The molecular weight excluding hydrogens is 488 g/mol. The van der Waals surface area contributed by atoms with E-state index in [0.29, 0.717) is 16.2 Å². The van der Waals surface area contributed by atoms with Crippen molar-refractivity contribution in [3.05, 3.63) is 108 Å². The smallest absolute Gasteiger partial charge is 0.174 e. The zero-order valence-corrected chi connectivity index (χ0v) is 21.3. The molecule has 7 heteroatoms. The van der Waals surface area contributed by atoms with Gasteiger partial charge < -0.3 is 19.5 Å². The number of nitrogens with one attached hydrogen (secondary N) is 1. The second kappa shape index (κ2) is 9.96. The third kappa shape index (κ3) is 4.47. The number of ether oxygens (including phenoxy) is 1. The number of hydrogen-bond acceptors (Lipinski definition) is 3. The van der Waals surface area contributed by atoms with Crippen molar-refractivity contribution < 1.29 is 4.74 Å². The fourth-order valence-corrected chi connectivity index (χ4v) is 5.84. The van der Waals surface area contributed by atoms with Crippen LogP contribution in [0.2, 0.25) is 5.02 Å². The van der Waals surface area contributed by atoms with E-state index in [-0.39, 0.29) is 12.1 Å². The lowest BCUT2D eigenvalue weighted by Gasteiger charge is -2.29. The highest BCUT2D eigenvalue weighted by atomic mass is 35.5. The number of aromatic nitrogens is 2. The van der Waals surface area contributed by atoms with Crippen molar-refractivity contribution in [1.29, 1.82) is 0 Å². The van der Waals surface area contributed by atoms with Gasteiger partial charge in [-0.1, -0.05) is 23.7 Å². The largest absolute Gasteiger partial charge is 0.490 e. The van der Waals surface area contributed by atoms with Gasteiger partial charge in [-0.15, -0.1) is 0 Å².